The predicted molar refractivity (Wildman–Crippen MR) is 122 cm³/mol. The number of aryl methyl sites for hydroxylation is 1. The van der Waals surface area contributed by atoms with Crippen molar-refractivity contribution in [3.8, 4) is 11.4 Å². The van der Waals surface area contributed by atoms with Crippen molar-refractivity contribution in [2.75, 3.05) is 18.5 Å². The summed E-state index contributed by atoms with van der Waals surface area (Å²) in [4.78, 5) is 32.5. The van der Waals surface area contributed by atoms with E-state index < -0.39 is 5.41 Å². The first-order valence-electron chi connectivity index (χ1n) is 9.90. The quantitative estimate of drug-likeness (QED) is 0.592. The van der Waals surface area contributed by atoms with E-state index in [0.29, 0.717) is 58.9 Å². The van der Waals surface area contributed by atoms with Gasteiger partial charge in [-0.1, -0.05) is 41.4 Å². The second-order valence-corrected chi connectivity index (χ2v) is 8.43. The maximum atomic E-state index is 13.6. The summed E-state index contributed by atoms with van der Waals surface area (Å²) in [5, 5.41) is 4.00. The van der Waals surface area contributed by atoms with Crippen LogP contribution in [-0.2, 0) is 14.9 Å². The largest absolute Gasteiger partial charge is 0.381 e. The number of benzene rings is 2. The van der Waals surface area contributed by atoms with Crippen LogP contribution in [0.3, 0.4) is 0 Å². The summed E-state index contributed by atoms with van der Waals surface area (Å²) >= 11 is 12.6. The van der Waals surface area contributed by atoms with Crippen molar-refractivity contribution in [3.63, 3.8) is 0 Å². The number of aromatic amines is 1. The van der Waals surface area contributed by atoms with Gasteiger partial charge in [0.15, 0.2) is 0 Å². The van der Waals surface area contributed by atoms with Gasteiger partial charge in [0.2, 0.25) is 5.91 Å². The predicted octanol–water partition coefficient (Wildman–Crippen LogP) is 4.74. The van der Waals surface area contributed by atoms with Crippen LogP contribution >= 0.6 is 23.2 Å². The number of ether oxygens (including phenoxy) is 1. The number of carbonyl (C=O) groups is 1. The maximum Gasteiger partial charge on any atom is 0.251 e. The molecule has 0 bridgehead atoms. The SMILES string of the molecule is Cc1cc(=O)[nH]c(-c2cccc(NC(=O)C3(c4ccc(Cl)cc4Cl)CCOCC3)c2)n1. The number of hydrogen-bond acceptors (Lipinski definition) is 4. The molecule has 6 nitrogen and oxygen atoms in total. The third kappa shape index (κ3) is 4.51. The number of amides is 1. The molecule has 2 N–H and O–H groups in total. The lowest BCUT2D eigenvalue weighted by Crippen LogP contribution is -2.45. The standard InChI is InChI=1S/C23H21Cl2N3O3/c1-14-11-20(29)28-21(26-14)15-3-2-4-17(12-15)27-22(30)23(7-9-31-10-8-23)18-6-5-16(24)13-19(18)25/h2-6,11-13H,7-10H2,1H3,(H,27,30)(H,26,28,29). The number of hydrogen-bond donors (Lipinski definition) is 2. The van der Waals surface area contributed by atoms with Crippen LogP contribution in [0.4, 0.5) is 5.69 Å². The van der Waals surface area contributed by atoms with Crippen LogP contribution in [0.15, 0.2) is 53.3 Å². The Labute approximate surface area is 189 Å². The van der Waals surface area contributed by atoms with Crippen LogP contribution in [-0.4, -0.2) is 29.1 Å². The molecule has 3 aromatic rings. The van der Waals surface area contributed by atoms with Gasteiger partial charge in [-0.2, -0.15) is 0 Å². The number of nitrogens with zero attached hydrogens (tertiary/aromatic N) is 1. The minimum Gasteiger partial charge on any atom is -0.381 e. The molecule has 1 fully saturated rings. The molecule has 1 amide bonds. The molecular weight excluding hydrogens is 437 g/mol. The average Bonchev–Trinajstić information content (AvgIpc) is 2.73. The molecule has 0 spiro atoms. The zero-order valence-corrected chi connectivity index (χ0v) is 18.4. The van der Waals surface area contributed by atoms with Crippen LogP contribution in [0.2, 0.25) is 10.0 Å². The molecule has 2 aromatic carbocycles. The molecule has 31 heavy (non-hydrogen) atoms. The summed E-state index contributed by atoms with van der Waals surface area (Å²) in [6, 6.07) is 13.9. The highest BCUT2D eigenvalue weighted by atomic mass is 35.5. The molecule has 1 aliphatic rings. The van der Waals surface area contributed by atoms with Crippen LogP contribution in [0.25, 0.3) is 11.4 Å². The molecule has 0 unspecified atom stereocenters. The van der Waals surface area contributed by atoms with Crippen molar-refractivity contribution in [1.82, 2.24) is 9.97 Å². The monoisotopic (exact) mass is 457 g/mol. The van der Waals surface area contributed by atoms with E-state index in [1.54, 1.807) is 37.3 Å². The molecule has 8 heteroatoms. The third-order valence-corrected chi connectivity index (χ3v) is 6.04. The van der Waals surface area contributed by atoms with Gasteiger partial charge in [0.1, 0.15) is 5.82 Å². The van der Waals surface area contributed by atoms with Crippen LogP contribution in [0.1, 0.15) is 24.1 Å². The van der Waals surface area contributed by atoms with E-state index in [0.717, 1.165) is 5.56 Å². The van der Waals surface area contributed by atoms with Gasteiger partial charge < -0.3 is 15.0 Å². The molecule has 1 saturated heterocycles. The number of aromatic nitrogens is 2. The summed E-state index contributed by atoms with van der Waals surface area (Å²) in [6.07, 6.45) is 1.01. The highest BCUT2D eigenvalue weighted by Gasteiger charge is 2.43. The van der Waals surface area contributed by atoms with Crippen molar-refractivity contribution in [2.45, 2.75) is 25.2 Å². The summed E-state index contributed by atoms with van der Waals surface area (Å²) in [5.74, 6) is 0.283. The van der Waals surface area contributed by atoms with Crippen molar-refractivity contribution >= 4 is 34.8 Å². The fraction of sp³-hybridized carbons (Fsp3) is 0.261. The summed E-state index contributed by atoms with van der Waals surface area (Å²) in [5.41, 5.74) is 1.60. The smallest absolute Gasteiger partial charge is 0.251 e. The molecule has 0 radical (unpaired) electrons. The minimum atomic E-state index is -0.828. The van der Waals surface area contributed by atoms with Gasteiger partial charge in [0.25, 0.3) is 5.56 Å². The van der Waals surface area contributed by atoms with Crippen molar-refractivity contribution in [2.24, 2.45) is 0 Å². The minimum absolute atomic E-state index is 0.164. The number of anilines is 1. The van der Waals surface area contributed by atoms with E-state index in [2.05, 4.69) is 15.3 Å². The van der Waals surface area contributed by atoms with Crippen molar-refractivity contribution in [1.29, 1.82) is 0 Å². The Hall–Kier alpha value is -2.67. The first-order chi connectivity index (χ1) is 14.9. The molecule has 0 atom stereocenters. The van der Waals surface area contributed by atoms with Gasteiger partial charge in [0, 0.05) is 46.3 Å². The lowest BCUT2D eigenvalue weighted by atomic mass is 9.73. The summed E-state index contributed by atoms with van der Waals surface area (Å²) in [6.45, 7) is 2.68. The number of rotatable bonds is 4. The zero-order valence-electron chi connectivity index (χ0n) is 16.9. The Kier molecular flexibility index (Phi) is 6.14. The fourth-order valence-electron chi connectivity index (χ4n) is 3.93. The number of halogens is 2. The summed E-state index contributed by atoms with van der Waals surface area (Å²) in [7, 11) is 0. The highest BCUT2D eigenvalue weighted by molar-refractivity contribution is 6.35. The molecule has 2 heterocycles. The van der Waals surface area contributed by atoms with E-state index in [1.807, 2.05) is 12.1 Å². The van der Waals surface area contributed by atoms with Crippen LogP contribution in [0, 0.1) is 6.92 Å². The van der Waals surface area contributed by atoms with Crippen LogP contribution in [0.5, 0.6) is 0 Å². The normalized spacial score (nSPS) is 15.5. The molecule has 0 saturated carbocycles. The first-order valence-corrected chi connectivity index (χ1v) is 10.7. The third-order valence-electron chi connectivity index (χ3n) is 5.49. The molecular formula is C23H21Cl2N3O3. The molecule has 4 rings (SSSR count). The highest BCUT2D eigenvalue weighted by Crippen LogP contribution is 2.40. The maximum absolute atomic E-state index is 13.6. The van der Waals surface area contributed by atoms with E-state index in [-0.39, 0.29) is 11.5 Å². The van der Waals surface area contributed by atoms with Crippen molar-refractivity contribution < 1.29 is 9.53 Å². The number of carbonyl (C=O) groups excluding carboxylic acids is 1. The van der Waals surface area contributed by atoms with Gasteiger partial charge >= 0.3 is 0 Å². The molecule has 0 aliphatic carbocycles. The van der Waals surface area contributed by atoms with Gasteiger partial charge in [-0.15, -0.1) is 0 Å². The number of nitrogens with one attached hydrogen (secondary N) is 2. The topological polar surface area (TPSA) is 84.1 Å². The van der Waals surface area contributed by atoms with E-state index in [9.17, 15) is 9.59 Å². The zero-order chi connectivity index (χ0) is 22.0. The van der Waals surface area contributed by atoms with Gasteiger partial charge in [-0.05, 0) is 49.6 Å². The van der Waals surface area contributed by atoms with Gasteiger partial charge in [0.05, 0.1) is 5.41 Å². The van der Waals surface area contributed by atoms with E-state index in [1.165, 1.54) is 6.07 Å². The second kappa shape index (κ2) is 8.83. The average molecular weight is 458 g/mol. The van der Waals surface area contributed by atoms with Crippen LogP contribution < -0.4 is 10.9 Å². The Morgan fingerprint density at radius 3 is 2.61 bits per heavy atom. The number of H-pyrrole nitrogens is 1. The lowest BCUT2D eigenvalue weighted by Gasteiger charge is -2.36. The van der Waals surface area contributed by atoms with Gasteiger partial charge in [-0.3, -0.25) is 9.59 Å². The second-order valence-electron chi connectivity index (χ2n) is 7.59. The summed E-state index contributed by atoms with van der Waals surface area (Å²) < 4.78 is 5.52. The van der Waals surface area contributed by atoms with E-state index in [4.69, 9.17) is 27.9 Å². The van der Waals surface area contributed by atoms with Crippen molar-refractivity contribution in [3.05, 3.63) is 80.2 Å². The Balaban J connectivity index is 1.67. The lowest BCUT2D eigenvalue weighted by molar-refractivity contribution is -0.125. The fourth-order valence-corrected chi connectivity index (χ4v) is 4.52. The molecule has 1 aliphatic heterocycles. The molecule has 1 aromatic heterocycles. The Morgan fingerprint density at radius 2 is 1.90 bits per heavy atom. The Morgan fingerprint density at radius 1 is 1.13 bits per heavy atom. The first kappa shape index (κ1) is 21.6. The van der Waals surface area contributed by atoms with E-state index >= 15 is 0 Å². The molecule has 160 valence electrons. The Bertz CT molecular complexity index is 1190. The van der Waals surface area contributed by atoms with Gasteiger partial charge in [-0.25, -0.2) is 4.98 Å².